The molecule has 1 aromatic heterocycles. The fourth-order valence-corrected chi connectivity index (χ4v) is 3.05. The highest BCUT2D eigenvalue weighted by atomic mass is 19.1. The van der Waals surface area contributed by atoms with Crippen molar-refractivity contribution < 1.29 is 9.13 Å². The highest BCUT2D eigenvalue weighted by Crippen LogP contribution is 2.39. The van der Waals surface area contributed by atoms with Gasteiger partial charge in [-0.15, -0.1) is 0 Å². The van der Waals surface area contributed by atoms with Crippen LogP contribution in [0.1, 0.15) is 37.3 Å². The van der Waals surface area contributed by atoms with Gasteiger partial charge in [-0.1, -0.05) is 0 Å². The summed E-state index contributed by atoms with van der Waals surface area (Å²) in [4.78, 5) is 11.1. The standard InChI is InChI=1S/C18H20FN3O/c19-14-3-5-15(6-4-14)23-16-7-9-22(10-8-16)18-11-17(13-1-2-13)20-12-21-18/h3-6,11-13,16H,1-2,7-10H2. The van der Waals surface area contributed by atoms with Gasteiger partial charge in [0.1, 0.15) is 29.8 Å². The summed E-state index contributed by atoms with van der Waals surface area (Å²) in [6.07, 6.45) is 6.26. The zero-order chi connectivity index (χ0) is 15.6. The van der Waals surface area contributed by atoms with Gasteiger partial charge in [0, 0.05) is 43.6 Å². The Kier molecular flexibility index (Phi) is 3.85. The molecule has 0 N–H and O–H groups in total. The Morgan fingerprint density at radius 2 is 1.74 bits per heavy atom. The van der Waals surface area contributed by atoms with E-state index in [4.69, 9.17) is 4.74 Å². The molecule has 0 bridgehead atoms. The van der Waals surface area contributed by atoms with Gasteiger partial charge in [0.2, 0.25) is 0 Å². The Labute approximate surface area is 135 Å². The first-order chi connectivity index (χ1) is 11.3. The van der Waals surface area contributed by atoms with Crippen LogP contribution in [0.4, 0.5) is 10.2 Å². The number of hydrogen-bond acceptors (Lipinski definition) is 4. The predicted octanol–water partition coefficient (Wildman–Crippen LogP) is 3.54. The van der Waals surface area contributed by atoms with Crippen LogP contribution in [-0.4, -0.2) is 29.2 Å². The van der Waals surface area contributed by atoms with Crippen molar-refractivity contribution in [3.05, 3.63) is 48.2 Å². The highest BCUT2D eigenvalue weighted by molar-refractivity contribution is 5.41. The summed E-state index contributed by atoms with van der Waals surface area (Å²) in [6, 6.07) is 8.39. The first-order valence-electron chi connectivity index (χ1n) is 8.27. The number of hydrogen-bond donors (Lipinski definition) is 0. The second-order valence-electron chi connectivity index (χ2n) is 6.33. The number of halogens is 1. The van der Waals surface area contributed by atoms with Gasteiger partial charge in [-0.2, -0.15) is 0 Å². The Balaban J connectivity index is 1.35. The van der Waals surface area contributed by atoms with E-state index in [1.807, 2.05) is 0 Å². The molecule has 1 aliphatic heterocycles. The molecule has 0 amide bonds. The molecule has 0 radical (unpaired) electrons. The Morgan fingerprint density at radius 3 is 2.43 bits per heavy atom. The van der Waals surface area contributed by atoms with Gasteiger partial charge in [-0.25, -0.2) is 14.4 Å². The molecule has 0 unspecified atom stereocenters. The van der Waals surface area contributed by atoms with Crippen LogP contribution in [-0.2, 0) is 0 Å². The molecule has 2 heterocycles. The van der Waals surface area contributed by atoms with Crippen molar-refractivity contribution in [3.63, 3.8) is 0 Å². The smallest absolute Gasteiger partial charge is 0.132 e. The molecule has 1 saturated heterocycles. The van der Waals surface area contributed by atoms with Crippen molar-refractivity contribution >= 4 is 5.82 Å². The Morgan fingerprint density at radius 1 is 1.00 bits per heavy atom. The molecule has 0 atom stereocenters. The van der Waals surface area contributed by atoms with Gasteiger partial charge in [-0.3, -0.25) is 0 Å². The zero-order valence-electron chi connectivity index (χ0n) is 13.0. The molecule has 2 fully saturated rings. The van der Waals surface area contributed by atoms with E-state index in [0.717, 1.165) is 37.5 Å². The van der Waals surface area contributed by atoms with E-state index in [0.29, 0.717) is 5.92 Å². The van der Waals surface area contributed by atoms with E-state index >= 15 is 0 Å². The Bertz CT molecular complexity index is 664. The quantitative estimate of drug-likeness (QED) is 0.865. The van der Waals surface area contributed by atoms with E-state index in [1.54, 1.807) is 18.5 Å². The molecule has 1 saturated carbocycles. The number of aromatic nitrogens is 2. The van der Waals surface area contributed by atoms with Crippen LogP contribution >= 0.6 is 0 Å². The van der Waals surface area contributed by atoms with Crippen LogP contribution in [0.15, 0.2) is 36.7 Å². The first kappa shape index (κ1) is 14.4. The molecule has 1 aliphatic carbocycles. The molecule has 4 rings (SSSR count). The maximum atomic E-state index is 12.9. The Hall–Kier alpha value is -2.17. The van der Waals surface area contributed by atoms with E-state index in [9.17, 15) is 4.39 Å². The molecule has 1 aromatic carbocycles. The van der Waals surface area contributed by atoms with Gasteiger partial charge >= 0.3 is 0 Å². The summed E-state index contributed by atoms with van der Waals surface area (Å²) in [5.74, 6) is 2.18. The third-order valence-corrected chi connectivity index (χ3v) is 4.55. The van der Waals surface area contributed by atoms with E-state index < -0.39 is 0 Å². The minimum absolute atomic E-state index is 0.182. The maximum absolute atomic E-state index is 12.9. The third kappa shape index (κ3) is 3.44. The van der Waals surface area contributed by atoms with Gasteiger partial charge in [-0.05, 0) is 37.1 Å². The summed E-state index contributed by atoms with van der Waals surface area (Å²) in [5, 5.41) is 0. The fourth-order valence-electron chi connectivity index (χ4n) is 3.05. The second-order valence-corrected chi connectivity index (χ2v) is 6.33. The molecular weight excluding hydrogens is 293 g/mol. The summed E-state index contributed by atoms with van der Waals surface area (Å²) in [7, 11) is 0. The summed E-state index contributed by atoms with van der Waals surface area (Å²) in [5.41, 5.74) is 1.18. The fraction of sp³-hybridized carbons (Fsp3) is 0.444. The van der Waals surface area contributed by atoms with Crippen molar-refractivity contribution in [2.24, 2.45) is 0 Å². The predicted molar refractivity (Wildman–Crippen MR) is 86.3 cm³/mol. The molecule has 2 aliphatic rings. The van der Waals surface area contributed by atoms with Crippen LogP contribution in [0.3, 0.4) is 0 Å². The van der Waals surface area contributed by atoms with Crippen LogP contribution in [0.2, 0.25) is 0 Å². The van der Waals surface area contributed by atoms with Crippen molar-refractivity contribution in [1.29, 1.82) is 0 Å². The van der Waals surface area contributed by atoms with Gasteiger partial charge < -0.3 is 9.64 Å². The molecule has 2 aromatic rings. The number of ether oxygens (including phenoxy) is 1. The molecule has 5 heteroatoms. The lowest BCUT2D eigenvalue weighted by Crippen LogP contribution is -2.38. The van der Waals surface area contributed by atoms with E-state index in [-0.39, 0.29) is 11.9 Å². The largest absolute Gasteiger partial charge is 0.490 e. The molecule has 0 spiro atoms. The summed E-state index contributed by atoms with van der Waals surface area (Å²) >= 11 is 0. The van der Waals surface area contributed by atoms with Crippen molar-refractivity contribution in [2.75, 3.05) is 18.0 Å². The maximum Gasteiger partial charge on any atom is 0.132 e. The average Bonchev–Trinajstić information content (AvgIpc) is 3.43. The summed E-state index contributed by atoms with van der Waals surface area (Å²) < 4.78 is 18.9. The minimum atomic E-state index is -0.234. The lowest BCUT2D eigenvalue weighted by molar-refractivity contribution is 0.170. The number of nitrogens with zero attached hydrogens (tertiary/aromatic N) is 3. The monoisotopic (exact) mass is 313 g/mol. The van der Waals surface area contributed by atoms with Crippen LogP contribution in [0, 0.1) is 5.82 Å². The number of rotatable bonds is 4. The molecule has 23 heavy (non-hydrogen) atoms. The van der Waals surface area contributed by atoms with Crippen LogP contribution in [0.25, 0.3) is 0 Å². The summed E-state index contributed by atoms with van der Waals surface area (Å²) in [6.45, 7) is 1.85. The highest BCUT2D eigenvalue weighted by Gasteiger charge is 2.27. The third-order valence-electron chi connectivity index (χ3n) is 4.55. The van der Waals surface area contributed by atoms with E-state index in [2.05, 4.69) is 20.9 Å². The van der Waals surface area contributed by atoms with Gasteiger partial charge in [0.05, 0.1) is 0 Å². The van der Waals surface area contributed by atoms with E-state index in [1.165, 1.54) is 30.7 Å². The average molecular weight is 313 g/mol. The van der Waals surface area contributed by atoms with Gasteiger partial charge in [0.25, 0.3) is 0 Å². The topological polar surface area (TPSA) is 38.2 Å². The van der Waals surface area contributed by atoms with Crippen LogP contribution < -0.4 is 9.64 Å². The minimum Gasteiger partial charge on any atom is -0.490 e. The second kappa shape index (κ2) is 6.14. The van der Waals surface area contributed by atoms with Crippen LogP contribution in [0.5, 0.6) is 5.75 Å². The number of piperidine rings is 1. The molecular formula is C18H20FN3O. The molecule has 4 nitrogen and oxygen atoms in total. The lowest BCUT2D eigenvalue weighted by Gasteiger charge is -2.33. The van der Waals surface area contributed by atoms with Gasteiger partial charge in [0.15, 0.2) is 0 Å². The number of benzene rings is 1. The SMILES string of the molecule is Fc1ccc(OC2CCN(c3cc(C4CC4)ncn3)CC2)cc1. The number of anilines is 1. The lowest BCUT2D eigenvalue weighted by atomic mass is 10.1. The molecule has 120 valence electrons. The van der Waals surface area contributed by atoms with Crippen molar-refractivity contribution in [3.8, 4) is 5.75 Å². The van der Waals surface area contributed by atoms with Crippen molar-refractivity contribution in [1.82, 2.24) is 9.97 Å². The zero-order valence-corrected chi connectivity index (χ0v) is 13.0. The normalized spacial score (nSPS) is 18.9. The first-order valence-corrected chi connectivity index (χ1v) is 8.27. The van der Waals surface area contributed by atoms with Crippen molar-refractivity contribution in [2.45, 2.75) is 37.7 Å².